The molecule has 11 heteroatoms. The van der Waals surface area contributed by atoms with E-state index in [2.05, 4.69) is 9.97 Å². The van der Waals surface area contributed by atoms with Gasteiger partial charge in [0, 0.05) is 63.4 Å². The molecule has 0 aromatic carbocycles. The lowest BCUT2D eigenvalue weighted by Gasteiger charge is -2.32. The number of carbonyl (C=O) groups excluding carboxylic acids is 1. The number of amides is 1. The van der Waals surface area contributed by atoms with Crippen molar-refractivity contribution < 1.29 is 22.7 Å². The Morgan fingerprint density at radius 2 is 1.93 bits per heavy atom. The van der Waals surface area contributed by atoms with Crippen molar-refractivity contribution in [2.24, 2.45) is 0 Å². The van der Waals surface area contributed by atoms with Gasteiger partial charge in [-0.2, -0.15) is 13.2 Å². The number of piperidine rings is 1. The Hall–Kier alpha value is -3.11. The summed E-state index contributed by atoms with van der Waals surface area (Å²) in [5.41, 5.74) is -1.91. The predicted octanol–water partition coefficient (Wildman–Crippen LogP) is 1.41. The first-order chi connectivity index (χ1) is 13.7. The highest BCUT2D eigenvalue weighted by Crippen LogP contribution is 2.29. The van der Waals surface area contributed by atoms with Crippen molar-refractivity contribution in [3.63, 3.8) is 0 Å². The monoisotopic (exact) mass is 412 g/mol. The Morgan fingerprint density at radius 3 is 2.52 bits per heavy atom. The SMILES string of the molecule is O=C(CCn1ccc(=O)[nH]c1=O)N1CCC(Oc2ccc(C(F)(F)F)cn2)CC1. The van der Waals surface area contributed by atoms with E-state index in [1.165, 1.54) is 22.9 Å². The molecule has 0 atom stereocenters. The zero-order valence-electron chi connectivity index (χ0n) is 15.3. The first-order valence-electron chi connectivity index (χ1n) is 9.00. The second kappa shape index (κ2) is 8.50. The first kappa shape index (κ1) is 20.6. The maximum Gasteiger partial charge on any atom is 0.417 e. The molecule has 0 bridgehead atoms. The third-order valence-corrected chi connectivity index (χ3v) is 4.61. The molecule has 1 aliphatic rings. The topological polar surface area (TPSA) is 97.3 Å². The molecule has 156 valence electrons. The van der Waals surface area contributed by atoms with Gasteiger partial charge < -0.3 is 14.2 Å². The maximum atomic E-state index is 12.6. The number of likely N-dealkylation sites (tertiary alicyclic amines) is 1. The Kier molecular flexibility index (Phi) is 6.04. The Bertz CT molecular complexity index is 961. The molecule has 1 saturated heterocycles. The lowest BCUT2D eigenvalue weighted by Crippen LogP contribution is -2.42. The number of hydrogen-bond donors (Lipinski definition) is 1. The molecule has 1 fully saturated rings. The van der Waals surface area contributed by atoms with Crippen LogP contribution in [0.2, 0.25) is 0 Å². The summed E-state index contributed by atoms with van der Waals surface area (Å²) in [6.07, 6.45) is -1.47. The quantitative estimate of drug-likeness (QED) is 0.801. The molecule has 29 heavy (non-hydrogen) atoms. The lowest BCUT2D eigenvalue weighted by atomic mass is 10.1. The number of halogens is 3. The van der Waals surface area contributed by atoms with Gasteiger partial charge in [0.25, 0.3) is 5.56 Å². The average Bonchev–Trinajstić information content (AvgIpc) is 2.67. The number of nitrogens with zero attached hydrogens (tertiary/aromatic N) is 3. The standard InChI is InChI=1S/C18H19F3N4O4/c19-18(20,21)12-1-2-15(22-11-12)29-13-3-7-24(8-4-13)16(27)6-10-25-9-5-14(26)23-17(25)28/h1-2,5,9,11,13H,3-4,6-8,10H2,(H,23,26,28). The number of H-pyrrole nitrogens is 1. The van der Waals surface area contributed by atoms with Crippen LogP contribution in [0.3, 0.4) is 0 Å². The minimum Gasteiger partial charge on any atom is -0.474 e. The fraction of sp³-hybridized carbons (Fsp3) is 0.444. The van der Waals surface area contributed by atoms with Crippen molar-refractivity contribution >= 4 is 5.91 Å². The van der Waals surface area contributed by atoms with Crippen molar-refractivity contribution in [3.05, 3.63) is 57.0 Å². The molecule has 1 amide bonds. The van der Waals surface area contributed by atoms with E-state index in [4.69, 9.17) is 4.74 Å². The van der Waals surface area contributed by atoms with Gasteiger partial charge in [-0.3, -0.25) is 14.6 Å². The van der Waals surface area contributed by atoms with Crippen LogP contribution in [0, 0.1) is 0 Å². The maximum absolute atomic E-state index is 12.6. The molecule has 8 nitrogen and oxygen atoms in total. The highest BCUT2D eigenvalue weighted by atomic mass is 19.4. The number of aryl methyl sites for hydroxylation is 1. The number of alkyl halides is 3. The Morgan fingerprint density at radius 1 is 1.21 bits per heavy atom. The van der Waals surface area contributed by atoms with Crippen molar-refractivity contribution in [2.75, 3.05) is 13.1 Å². The second-order valence-electron chi connectivity index (χ2n) is 6.63. The van der Waals surface area contributed by atoms with Crippen LogP contribution in [-0.2, 0) is 17.5 Å². The van der Waals surface area contributed by atoms with E-state index < -0.39 is 23.0 Å². The van der Waals surface area contributed by atoms with E-state index in [1.807, 2.05) is 0 Å². The van der Waals surface area contributed by atoms with Gasteiger partial charge in [0.15, 0.2) is 0 Å². The number of pyridine rings is 1. The van der Waals surface area contributed by atoms with Crippen LogP contribution in [0.1, 0.15) is 24.8 Å². The van der Waals surface area contributed by atoms with Crippen molar-refractivity contribution in [3.8, 4) is 5.88 Å². The number of carbonyl (C=O) groups is 1. The smallest absolute Gasteiger partial charge is 0.417 e. The fourth-order valence-corrected chi connectivity index (χ4v) is 3.01. The third-order valence-electron chi connectivity index (χ3n) is 4.61. The summed E-state index contributed by atoms with van der Waals surface area (Å²) < 4.78 is 44.5. The van der Waals surface area contributed by atoms with E-state index >= 15 is 0 Å². The fourth-order valence-electron chi connectivity index (χ4n) is 3.01. The van der Waals surface area contributed by atoms with Gasteiger partial charge in [0.2, 0.25) is 11.8 Å². The summed E-state index contributed by atoms with van der Waals surface area (Å²) in [7, 11) is 0. The Balaban J connectivity index is 1.46. The molecule has 2 aromatic heterocycles. The molecule has 0 unspecified atom stereocenters. The first-order valence-corrected chi connectivity index (χ1v) is 9.00. The van der Waals surface area contributed by atoms with E-state index in [0.717, 1.165) is 12.3 Å². The van der Waals surface area contributed by atoms with E-state index in [0.29, 0.717) is 25.9 Å². The highest BCUT2D eigenvalue weighted by Gasteiger charge is 2.31. The number of aromatic amines is 1. The van der Waals surface area contributed by atoms with E-state index in [9.17, 15) is 27.6 Å². The van der Waals surface area contributed by atoms with Crippen LogP contribution in [0.4, 0.5) is 13.2 Å². The van der Waals surface area contributed by atoms with Gasteiger partial charge in [-0.15, -0.1) is 0 Å². The summed E-state index contributed by atoms with van der Waals surface area (Å²) in [5.74, 6) is -0.0190. The molecule has 3 heterocycles. The van der Waals surface area contributed by atoms with Crippen molar-refractivity contribution in [1.82, 2.24) is 19.4 Å². The number of hydrogen-bond acceptors (Lipinski definition) is 5. The highest BCUT2D eigenvalue weighted by molar-refractivity contribution is 5.76. The number of rotatable bonds is 5. The summed E-state index contributed by atoms with van der Waals surface area (Å²) >= 11 is 0. The van der Waals surface area contributed by atoms with Gasteiger partial charge in [-0.05, 0) is 6.07 Å². The van der Waals surface area contributed by atoms with Gasteiger partial charge in [0.05, 0.1) is 5.56 Å². The molecule has 1 N–H and O–H groups in total. The normalized spacial score (nSPS) is 15.3. The van der Waals surface area contributed by atoms with Gasteiger partial charge in [-0.25, -0.2) is 9.78 Å². The molecular weight excluding hydrogens is 393 g/mol. The minimum atomic E-state index is -4.45. The van der Waals surface area contributed by atoms with Crippen LogP contribution in [0.25, 0.3) is 0 Å². The van der Waals surface area contributed by atoms with Crippen LogP contribution in [0.5, 0.6) is 5.88 Å². The number of nitrogens with one attached hydrogen (secondary N) is 1. The molecule has 0 saturated carbocycles. The number of aromatic nitrogens is 3. The Labute approximate surface area is 162 Å². The van der Waals surface area contributed by atoms with E-state index in [1.54, 1.807) is 4.90 Å². The summed E-state index contributed by atoms with van der Waals surface area (Å²) in [4.78, 5) is 42.4. The molecule has 2 aromatic rings. The zero-order valence-corrected chi connectivity index (χ0v) is 15.3. The molecule has 1 aliphatic heterocycles. The van der Waals surface area contributed by atoms with Gasteiger partial charge >= 0.3 is 11.9 Å². The largest absolute Gasteiger partial charge is 0.474 e. The van der Waals surface area contributed by atoms with Crippen molar-refractivity contribution in [1.29, 1.82) is 0 Å². The third kappa shape index (κ3) is 5.46. The number of ether oxygens (including phenoxy) is 1. The molecule has 3 rings (SSSR count). The lowest BCUT2D eigenvalue weighted by molar-refractivity contribution is -0.137. The van der Waals surface area contributed by atoms with E-state index in [-0.39, 0.29) is 30.9 Å². The van der Waals surface area contributed by atoms with Crippen LogP contribution in [0.15, 0.2) is 40.2 Å². The second-order valence-corrected chi connectivity index (χ2v) is 6.63. The molecular formula is C18H19F3N4O4. The summed E-state index contributed by atoms with van der Waals surface area (Å²) in [6.45, 7) is 1.02. The average molecular weight is 412 g/mol. The predicted molar refractivity (Wildman–Crippen MR) is 95.4 cm³/mol. The van der Waals surface area contributed by atoms with Crippen LogP contribution >= 0.6 is 0 Å². The van der Waals surface area contributed by atoms with Crippen LogP contribution < -0.4 is 16.0 Å². The molecule has 0 aliphatic carbocycles. The van der Waals surface area contributed by atoms with Crippen LogP contribution in [-0.4, -0.2) is 44.5 Å². The molecule has 0 spiro atoms. The summed E-state index contributed by atoms with van der Waals surface area (Å²) in [5, 5.41) is 0. The minimum absolute atomic E-state index is 0.109. The molecule has 0 radical (unpaired) electrons. The zero-order chi connectivity index (χ0) is 21.0. The van der Waals surface area contributed by atoms with Crippen molar-refractivity contribution in [2.45, 2.75) is 38.1 Å². The summed E-state index contributed by atoms with van der Waals surface area (Å²) in [6, 6.07) is 3.31. The van der Waals surface area contributed by atoms with Gasteiger partial charge in [0.1, 0.15) is 6.10 Å². The van der Waals surface area contributed by atoms with Gasteiger partial charge in [-0.1, -0.05) is 0 Å².